The van der Waals surface area contributed by atoms with E-state index in [0.29, 0.717) is 0 Å². The average Bonchev–Trinajstić information content (AvgIpc) is 2.60. The Hall–Kier alpha value is -3.08. The standard InChI is InChI=1S/C18H15NO4/c1-22-15-9-3-8-14(17(15)20)18(21)23-11-13-6-2-5-12-7-4-10-19-16(12)13/h2-10,20H,11H2,1H3. The normalized spacial score (nSPS) is 10.5. The Morgan fingerprint density at radius 1 is 1.13 bits per heavy atom. The molecule has 1 heterocycles. The second-order valence-corrected chi connectivity index (χ2v) is 4.92. The zero-order chi connectivity index (χ0) is 16.2. The van der Waals surface area contributed by atoms with Gasteiger partial charge in [0.05, 0.1) is 12.6 Å². The average molecular weight is 309 g/mol. The number of benzene rings is 2. The molecule has 3 rings (SSSR count). The van der Waals surface area contributed by atoms with Gasteiger partial charge in [0.1, 0.15) is 12.2 Å². The Morgan fingerprint density at radius 3 is 2.74 bits per heavy atom. The third kappa shape index (κ3) is 2.94. The van der Waals surface area contributed by atoms with Crippen LogP contribution in [0.2, 0.25) is 0 Å². The van der Waals surface area contributed by atoms with E-state index in [2.05, 4.69) is 4.98 Å². The van der Waals surface area contributed by atoms with Crippen molar-refractivity contribution < 1.29 is 19.4 Å². The predicted octanol–water partition coefficient (Wildman–Crippen LogP) is 3.31. The number of aromatic nitrogens is 1. The first kappa shape index (κ1) is 14.8. The van der Waals surface area contributed by atoms with E-state index < -0.39 is 5.97 Å². The molecular weight excluding hydrogens is 294 g/mol. The predicted molar refractivity (Wildman–Crippen MR) is 85.5 cm³/mol. The number of phenolic OH excluding ortho intramolecular Hbond substituents is 1. The smallest absolute Gasteiger partial charge is 0.342 e. The number of ether oxygens (including phenoxy) is 2. The van der Waals surface area contributed by atoms with E-state index in [1.165, 1.54) is 13.2 Å². The van der Waals surface area contributed by atoms with E-state index in [0.717, 1.165) is 16.5 Å². The fraction of sp³-hybridized carbons (Fsp3) is 0.111. The minimum absolute atomic E-state index is 0.0672. The van der Waals surface area contributed by atoms with Crippen LogP contribution in [0.5, 0.6) is 11.5 Å². The maximum Gasteiger partial charge on any atom is 0.342 e. The van der Waals surface area contributed by atoms with E-state index >= 15 is 0 Å². The van der Waals surface area contributed by atoms with Gasteiger partial charge in [0.25, 0.3) is 0 Å². The van der Waals surface area contributed by atoms with Gasteiger partial charge in [-0.25, -0.2) is 4.79 Å². The molecule has 0 aliphatic carbocycles. The number of fused-ring (bicyclic) bond motifs is 1. The summed E-state index contributed by atoms with van der Waals surface area (Å²) >= 11 is 0. The summed E-state index contributed by atoms with van der Waals surface area (Å²) in [6.07, 6.45) is 1.70. The van der Waals surface area contributed by atoms with E-state index in [9.17, 15) is 9.90 Å². The van der Waals surface area contributed by atoms with E-state index in [1.54, 1.807) is 18.3 Å². The van der Waals surface area contributed by atoms with Crippen LogP contribution in [0.25, 0.3) is 10.9 Å². The number of hydrogen-bond donors (Lipinski definition) is 1. The summed E-state index contributed by atoms with van der Waals surface area (Å²) < 4.78 is 10.3. The van der Waals surface area contributed by atoms with Gasteiger partial charge in [-0.3, -0.25) is 4.98 Å². The summed E-state index contributed by atoms with van der Waals surface area (Å²) in [6, 6.07) is 14.2. The van der Waals surface area contributed by atoms with Gasteiger partial charge in [-0.1, -0.05) is 30.3 Å². The van der Waals surface area contributed by atoms with Gasteiger partial charge in [-0.2, -0.15) is 0 Å². The molecule has 0 saturated carbocycles. The molecule has 0 spiro atoms. The number of para-hydroxylation sites is 2. The molecule has 2 aromatic carbocycles. The van der Waals surface area contributed by atoms with Gasteiger partial charge in [0.2, 0.25) is 0 Å². The molecule has 0 bridgehead atoms. The fourth-order valence-corrected chi connectivity index (χ4v) is 2.36. The highest BCUT2D eigenvalue weighted by Gasteiger charge is 2.16. The zero-order valence-corrected chi connectivity index (χ0v) is 12.5. The monoisotopic (exact) mass is 309 g/mol. The summed E-state index contributed by atoms with van der Waals surface area (Å²) in [4.78, 5) is 16.5. The van der Waals surface area contributed by atoms with Gasteiger partial charge in [-0.05, 0) is 18.2 Å². The van der Waals surface area contributed by atoms with Crippen molar-refractivity contribution in [1.82, 2.24) is 4.98 Å². The molecule has 0 saturated heterocycles. The minimum Gasteiger partial charge on any atom is -0.504 e. The van der Waals surface area contributed by atoms with Crippen molar-refractivity contribution in [1.29, 1.82) is 0 Å². The van der Waals surface area contributed by atoms with Gasteiger partial charge in [0, 0.05) is 17.1 Å². The van der Waals surface area contributed by atoms with Gasteiger partial charge >= 0.3 is 5.97 Å². The number of methoxy groups -OCH3 is 1. The summed E-state index contributed by atoms with van der Waals surface area (Å²) in [5.74, 6) is -0.614. The van der Waals surface area contributed by atoms with Crippen LogP contribution < -0.4 is 4.74 Å². The highest BCUT2D eigenvalue weighted by molar-refractivity contribution is 5.93. The molecule has 0 aliphatic heterocycles. The molecule has 0 unspecified atom stereocenters. The number of rotatable bonds is 4. The van der Waals surface area contributed by atoms with Crippen molar-refractivity contribution in [2.24, 2.45) is 0 Å². The molecule has 1 N–H and O–H groups in total. The van der Waals surface area contributed by atoms with Crippen molar-refractivity contribution in [3.63, 3.8) is 0 Å². The molecule has 0 amide bonds. The topological polar surface area (TPSA) is 68.7 Å². The van der Waals surface area contributed by atoms with E-state index in [4.69, 9.17) is 9.47 Å². The first-order valence-electron chi connectivity index (χ1n) is 7.06. The lowest BCUT2D eigenvalue weighted by molar-refractivity contribution is 0.0470. The number of aromatic hydroxyl groups is 1. The number of esters is 1. The molecule has 0 fully saturated rings. The van der Waals surface area contributed by atoms with Gasteiger partial charge < -0.3 is 14.6 Å². The van der Waals surface area contributed by atoms with Gasteiger partial charge in [0.15, 0.2) is 11.5 Å². The Bertz CT molecular complexity index is 855. The fourth-order valence-electron chi connectivity index (χ4n) is 2.36. The zero-order valence-electron chi connectivity index (χ0n) is 12.5. The number of phenols is 1. The lowest BCUT2D eigenvalue weighted by atomic mass is 10.1. The molecule has 3 aromatic rings. The number of pyridine rings is 1. The van der Waals surface area contributed by atoms with Crippen LogP contribution >= 0.6 is 0 Å². The Balaban J connectivity index is 1.81. The van der Waals surface area contributed by atoms with Crippen molar-refractivity contribution in [2.45, 2.75) is 6.61 Å². The van der Waals surface area contributed by atoms with Crippen molar-refractivity contribution in [2.75, 3.05) is 7.11 Å². The molecule has 0 aliphatic rings. The van der Waals surface area contributed by atoms with Gasteiger partial charge in [-0.15, -0.1) is 0 Å². The minimum atomic E-state index is -0.616. The van der Waals surface area contributed by atoms with Crippen LogP contribution in [-0.4, -0.2) is 23.2 Å². The second kappa shape index (κ2) is 6.36. The summed E-state index contributed by atoms with van der Waals surface area (Å²) in [5.41, 5.74) is 1.66. The molecule has 5 nitrogen and oxygen atoms in total. The van der Waals surface area contributed by atoms with Crippen molar-refractivity contribution in [3.8, 4) is 11.5 Å². The first-order valence-corrected chi connectivity index (χ1v) is 7.06. The number of carbonyl (C=O) groups excluding carboxylic acids is 1. The molecule has 0 atom stereocenters. The molecule has 0 radical (unpaired) electrons. The highest BCUT2D eigenvalue weighted by atomic mass is 16.5. The maximum atomic E-state index is 12.2. The lowest BCUT2D eigenvalue weighted by Crippen LogP contribution is -2.06. The van der Waals surface area contributed by atoms with Crippen LogP contribution in [0.3, 0.4) is 0 Å². The molecule has 5 heteroatoms. The molecule has 116 valence electrons. The number of carbonyl (C=O) groups is 1. The van der Waals surface area contributed by atoms with Crippen LogP contribution in [0.1, 0.15) is 15.9 Å². The largest absolute Gasteiger partial charge is 0.504 e. The molecule has 1 aromatic heterocycles. The SMILES string of the molecule is COc1cccc(C(=O)OCc2cccc3cccnc23)c1O. The number of hydrogen-bond acceptors (Lipinski definition) is 5. The summed E-state index contributed by atoms with van der Waals surface area (Å²) in [5, 5.41) is 11.0. The maximum absolute atomic E-state index is 12.2. The van der Waals surface area contributed by atoms with Crippen molar-refractivity contribution >= 4 is 16.9 Å². The number of nitrogens with zero attached hydrogens (tertiary/aromatic N) is 1. The second-order valence-electron chi connectivity index (χ2n) is 4.92. The highest BCUT2D eigenvalue weighted by Crippen LogP contribution is 2.30. The van der Waals surface area contributed by atoms with E-state index in [1.807, 2.05) is 30.3 Å². The van der Waals surface area contributed by atoms with E-state index in [-0.39, 0.29) is 23.7 Å². The Labute approximate surface area is 133 Å². The molecule has 23 heavy (non-hydrogen) atoms. The summed E-state index contributed by atoms with van der Waals surface area (Å²) in [6.45, 7) is 0.0733. The van der Waals surface area contributed by atoms with Crippen LogP contribution in [-0.2, 0) is 11.3 Å². The lowest BCUT2D eigenvalue weighted by Gasteiger charge is -2.10. The van der Waals surface area contributed by atoms with Crippen molar-refractivity contribution in [3.05, 3.63) is 65.9 Å². The Morgan fingerprint density at radius 2 is 1.91 bits per heavy atom. The third-order valence-electron chi connectivity index (χ3n) is 3.51. The van der Waals surface area contributed by atoms with Crippen LogP contribution in [0, 0.1) is 0 Å². The molecular formula is C18H15NO4. The van der Waals surface area contributed by atoms with Crippen LogP contribution in [0.4, 0.5) is 0 Å². The first-order chi connectivity index (χ1) is 11.2. The quantitative estimate of drug-likeness (QED) is 0.749. The third-order valence-corrected chi connectivity index (χ3v) is 3.51. The van der Waals surface area contributed by atoms with Crippen LogP contribution in [0.15, 0.2) is 54.7 Å². The Kier molecular flexibility index (Phi) is 4.10. The summed E-state index contributed by atoms with van der Waals surface area (Å²) in [7, 11) is 1.42.